The van der Waals surface area contributed by atoms with Crippen LogP contribution in [0.15, 0.2) is 18.2 Å². The second-order valence-electron chi connectivity index (χ2n) is 3.72. The Bertz CT molecular complexity index is 386. The predicted octanol–water partition coefficient (Wildman–Crippen LogP) is 2.04. The van der Waals surface area contributed by atoms with Gasteiger partial charge in [0.2, 0.25) is 5.91 Å². The number of hydrogen-bond donors (Lipinski definition) is 1. The molecule has 1 aromatic rings. The van der Waals surface area contributed by atoms with Crippen LogP contribution in [0.3, 0.4) is 0 Å². The molecule has 0 spiro atoms. The Morgan fingerprint density at radius 3 is 2.53 bits per heavy atom. The van der Waals surface area contributed by atoms with Gasteiger partial charge < -0.3 is 10.6 Å². The summed E-state index contributed by atoms with van der Waals surface area (Å²) in [5, 5.41) is 0.437. The van der Waals surface area contributed by atoms with Crippen LogP contribution in [0.5, 0.6) is 0 Å². The molecular weight excluding hydrogens is 212 g/mol. The van der Waals surface area contributed by atoms with Crippen molar-refractivity contribution in [3.63, 3.8) is 0 Å². The highest BCUT2D eigenvalue weighted by Gasteiger charge is 2.14. The van der Waals surface area contributed by atoms with Crippen LogP contribution in [0.2, 0.25) is 5.02 Å². The molecule has 1 aliphatic heterocycles. The van der Waals surface area contributed by atoms with E-state index in [4.69, 9.17) is 17.3 Å². The lowest BCUT2D eigenvalue weighted by atomic mass is 10.2. The Kier molecular flexibility index (Phi) is 2.82. The Morgan fingerprint density at radius 2 is 2.00 bits per heavy atom. The molecule has 0 aliphatic carbocycles. The van der Waals surface area contributed by atoms with E-state index in [2.05, 4.69) is 4.90 Å². The van der Waals surface area contributed by atoms with Crippen LogP contribution in [-0.2, 0) is 0 Å². The molecule has 1 saturated heterocycles. The Labute approximate surface area is 93.8 Å². The van der Waals surface area contributed by atoms with E-state index in [1.54, 1.807) is 6.07 Å². The minimum absolute atomic E-state index is 0.389. The van der Waals surface area contributed by atoms with Crippen molar-refractivity contribution in [3.8, 4) is 0 Å². The minimum Gasteiger partial charge on any atom is -0.371 e. The van der Waals surface area contributed by atoms with Gasteiger partial charge in [-0.1, -0.05) is 11.6 Å². The lowest BCUT2D eigenvalue weighted by molar-refractivity contribution is 0.100. The van der Waals surface area contributed by atoms with Gasteiger partial charge in [-0.3, -0.25) is 4.79 Å². The molecule has 3 nitrogen and oxygen atoms in total. The van der Waals surface area contributed by atoms with E-state index in [0.717, 1.165) is 18.8 Å². The van der Waals surface area contributed by atoms with Gasteiger partial charge in [0, 0.05) is 18.8 Å². The van der Waals surface area contributed by atoms with Gasteiger partial charge in [0.25, 0.3) is 0 Å². The van der Waals surface area contributed by atoms with Crippen LogP contribution in [-0.4, -0.2) is 19.0 Å². The summed E-state index contributed by atoms with van der Waals surface area (Å²) in [5.74, 6) is -0.479. The van der Waals surface area contributed by atoms with Crippen LogP contribution in [0.4, 0.5) is 5.69 Å². The third kappa shape index (κ3) is 2.07. The van der Waals surface area contributed by atoms with Crippen molar-refractivity contribution in [2.45, 2.75) is 12.8 Å². The molecule has 0 aromatic heterocycles. The van der Waals surface area contributed by atoms with Crippen molar-refractivity contribution >= 4 is 23.2 Å². The molecule has 2 rings (SSSR count). The Hall–Kier alpha value is -1.22. The lowest BCUT2D eigenvalue weighted by Crippen LogP contribution is -2.18. The number of rotatable bonds is 2. The standard InChI is InChI=1S/C11H13ClN2O/c12-10-7-8(14-5-1-2-6-14)3-4-9(10)11(13)15/h3-4,7H,1-2,5-6H2,(H2,13,15). The molecule has 15 heavy (non-hydrogen) atoms. The van der Waals surface area contributed by atoms with Gasteiger partial charge in [0.05, 0.1) is 10.6 Å². The van der Waals surface area contributed by atoms with Crippen LogP contribution >= 0.6 is 11.6 Å². The van der Waals surface area contributed by atoms with Gasteiger partial charge in [0.1, 0.15) is 0 Å². The number of carbonyl (C=O) groups excluding carboxylic acids is 1. The number of nitrogens with two attached hydrogens (primary N) is 1. The summed E-state index contributed by atoms with van der Waals surface area (Å²) in [4.78, 5) is 13.2. The molecule has 0 saturated carbocycles. The zero-order valence-corrected chi connectivity index (χ0v) is 9.13. The monoisotopic (exact) mass is 224 g/mol. The maximum atomic E-state index is 11.0. The second-order valence-corrected chi connectivity index (χ2v) is 4.13. The number of hydrogen-bond acceptors (Lipinski definition) is 2. The van der Waals surface area contributed by atoms with Crippen LogP contribution in [0.25, 0.3) is 0 Å². The zero-order valence-electron chi connectivity index (χ0n) is 8.37. The minimum atomic E-state index is -0.479. The third-order valence-corrected chi connectivity index (χ3v) is 3.00. The molecule has 80 valence electrons. The first-order valence-electron chi connectivity index (χ1n) is 5.03. The molecule has 2 N–H and O–H groups in total. The highest BCUT2D eigenvalue weighted by atomic mass is 35.5. The fourth-order valence-electron chi connectivity index (χ4n) is 1.88. The molecule has 1 aliphatic rings. The maximum absolute atomic E-state index is 11.0. The van der Waals surface area contributed by atoms with Crippen LogP contribution in [0.1, 0.15) is 23.2 Å². The number of primary amides is 1. The SMILES string of the molecule is NC(=O)c1ccc(N2CCCC2)cc1Cl. The van der Waals surface area contributed by atoms with Crippen molar-refractivity contribution in [2.75, 3.05) is 18.0 Å². The summed E-state index contributed by atoms with van der Waals surface area (Å²) < 4.78 is 0. The van der Waals surface area contributed by atoms with E-state index >= 15 is 0 Å². The summed E-state index contributed by atoms with van der Waals surface area (Å²) >= 11 is 5.98. The van der Waals surface area contributed by atoms with E-state index in [-0.39, 0.29) is 0 Å². The fourth-order valence-corrected chi connectivity index (χ4v) is 2.14. The van der Waals surface area contributed by atoms with Gasteiger partial charge in [-0.05, 0) is 31.0 Å². The molecule has 1 heterocycles. The first-order valence-corrected chi connectivity index (χ1v) is 5.40. The molecule has 1 aromatic carbocycles. The first kappa shape index (κ1) is 10.3. The van der Waals surface area contributed by atoms with Crippen LogP contribution < -0.4 is 10.6 Å². The van der Waals surface area contributed by atoms with Gasteiger partial charge in [-0.2, -0.15) is 0 Å². The second kappa shape index (κ2) is 4.11. The molecule has 4 heteroatoms. The normalized spacial score (nSPS) is 15.7. The van der Waals surface area contributed by atoms with Crippen molar-refractivity contribution in [2.24, 2.45) is 5.73 Å². The number of anilines is 1. The average Bonchev–Trinajstić information content (AvgIpc) is 2.69. The predicted molar refractivity (Wildman–Crippen MR) is 61.4 cm³/mol. The average molecular weight is 225 g/mol. The van der Waals surface area contributed by atoms with Gasteiger partial charge >= 0.3 is 0 Å². The van der Waals surface area contributed by atoms with E-state index in [9.17, 15) is 4.79 Å². The number of halogens is 1. The van der Waals surface area contributed by atoms with E-state index < -0.39 is 5.91 Å². The highest BCUT2D eigenvalue weighted by Crippen LogP contribution is 2.25. The Balaban J connectivity index is 2.28. The summed E-state index contributed by atoms with van der Waals surface area (Å²) in [6.45, 7) is 2.12. The van der Waals surface area contributed by atoms with Crippen LogP contribution in [0, 0.1) is 0 Å². The smallest absolute Gasteiger partial charge is 0.250 e. The van der Waals surface area contributed by atoms with Gasteiger partial charge in [-0.25, -0.2) is 0 Å². The molecule has 0 unspecified atom stereocenters. The lowest BCUT2D eigenvalue weighted by Gasteiger charge is -2.18. The van der Waals surface area contributed by atoms with Crippen molar-refractivity contribution in [1.82, 2.24) is 0 Å². The Morgan fingerprint density at radius 1 is 1.33 bits per heavy atom. The summed E-state index contributed by atoms with van der Waals surface area (Å²) in [5.41, 5.74) is 6.64. The number of nitrogens with zero attached hydrogens (tertiary/aromatic N) is 1. The summed E-state index contributed by atoms with van der Waals surface area (Å²) in [7, 11) is 0. The third-order valence-electron chi connectivity index (χ3n) is 2.69. The summed E-state index contributed by atoms with van der Waals surface area (Å²) in [6, 6.07) is 5.41. The van der Waals surface area contributed by atoms with Crippen molar-refractivity contribution in [1.29, 1.82) is 0 Å². The number of carbonyl (C=O) groups is 1. The number of amides is 1. The fraction of sp³-hybridized carbons (Fsp3) is 0.364. The maximum Gasteiger partial charge on any atom is 0.250 e. The molecule has 0 bridgehead atoms. The first-order chi connectivity index (χ1) is 7.18. The zero-order chi connectivity index (χ0) is 10.8. The van der Waals surface area contributed by atoms with E-state index in [1.165, 1.54) is 12.8 Å². The molecule has 0 radical (unpaired) electrons. The molecule has 1 amide bonds. The van der Waals surface area contributed by atoms with Gasteiger partial charge in [0.15, 0.2) is 0 Å². The van der Waals surface area contributed by atoms with E-state index in [1.807, 2.05) is 12.1 Å². The van der Waals surface area contributed by atoms with Crippen molar-refractivity contribution in [3.05, 3.63) is 28.8 Å². The largest absolute Gasteiger partial charge is 0.371 e. The topological polar surface area (TPSA) is 46.3 Å². The van der Waals surface area contributed by atoms with E-state index in [0.29, 0.717) is 10.6 Å². The number of benzene rings is 1. The quantitative estimate of drug-likeness (QED) is 0.836. The molecule has 0 atom stereocenters. The molecular formula is C11H13ClN2O. The highest BCUT2D eigenvalue weighted by molar-refractivity contribution is 6.34. The molecule has 1 fully saturated rings. The van der Waals surface area contributed by atoms with Gasteiger partial charge in [-0.15, -0.1) is 0 Å². The van der Waals surface area contributed by atoms with Crippen molar-refractivity contribution < 1.29 is 4.79 Å². The summed E-state index contributed by atoms with van der Waals surface area (Å²) in [6.07, 6.45) is 2.43.